The molecule has 3 saturated heterocycles. The van der Waals surface area contributed by atoms with Gasteiger partial charge in [-0.25, -0.2) is 4.39 Å². The topological polar surface area (TPSA) is 45.2 Å². The minimum atomic E-state index is -0.276. The van der Waals surface area contributed by atoms with Crippen LogP contribution >= 0.6 is 11.6 Å². The minimum absolute atomic E-state index is 0.0525. The number of amides is 1. The fraction of sp³-hybridized carbons (Fsp3) is 0.552. The molecule has 3 heterocycles. The molecule has 5 rings (SSSR count). The number of halogens is 2. The van der Waals surface area contributed by atoms with E-state index in [1.54, 1.807) is 6.07 Å². The molecule has 0 radical (unpaired) electrons. The second-order valence-electron chi connectivity index (χ2n) is 10.4. The van der Waals surface area contributed by atoms with E-state index in [4.69, 9.17) is 21.1 Å². The van der Waals surface area contributed by atoms with Crippen molar-refractivity contribution in [3.8, 4) is 0 Å². The van der Waals surface area contributed by atoms with Gasteiger partial charge >= 0.3 is 0 Å². The molecule has 2 aromatic rings. The highest BCUT2D eigenvalue weighted by atomic mass is 35.5. The van der Waals surface area contributed by atoms with Crippen molar-refractivity contribution in [2.24, 2.45) is 11.8 Å². The highest BCUT2D eigenvalue weighted by molar-refractivity contribution is 6.30. The molecule has 8 heteroatoms. The van der Waals surface area contributed by atoms with E-state index in [-0.39, 0.29) is 17.6 Å². The standard InChI is InChI=1S/C29H37ClFN3O3/c30-25-3-1-22(2-4-25)20-32-11-7-24(8-12-32)29(35)34(21-23-9-15-36-16-10-23)26-5-6-28(27(31)19-26)33-13-17-37-18-14-33/h1-6,19,23-24H,7-18,20-21H2. The van der Waals surface area contributed by atoms with Gasteiger partial charge in [0.05, 0.1) is 18.9 Å². The minimum Gasteiger partial charge on any atom is -0.381 e. The molecule has 3 fully saturated rings. The van der Waals surface area contributed by atoms with Crippen molar-refractivity contribution in [3.63, 3.8) is 0 Å². The van der Waals surface area contributed by atoms with E-state index in [1.165, 1.54) is 5.56 Å². The van der Waals surface area contributed by atoms with Crippen molar-refractivity contribution in [2.45, 2.75) is 32.2 Å². The van der Waals surface area contributed by atoms with Gasteiger partial charge in [-0.05, 0) is 80.6 Å². The molecule has 0 atom stereocenters. The van der Waals surface area contributed by atoms with Crippen LogP contribution in [0.4, 0.5) is 15.8 Å². The summed E-state index contributed by atoms with van der Waals surface area (Å²) in [6.07, 6.45) is 3.48. The molecule has 0 bridgehead atoms. The largest absolute Gasteiger partial charge is 0.381 e. The van der Waals surface area contributed by atoms with Crippen molar-refractivity contribution in [1.29, 1.82) is 0 Å². The zero-order valence-electron chi connectivity index (χ0n) is 21.4. The number of carbonyl (C=O) groups excluding carboxylic acids is 1. The quantitative estimate of drug-likeness (QED) is 0.506. The Kier molecular flexibility index (Phi) is 8.98. The number of hydrogen-bond donors (Lipinski definition) is 0. The fourth-order valence-electron chi connectivity index (χ4n) is 5.64. The lowest BCUT2D eigenvalue weighted by Gasteiger charge is -2.36. The highest BCUT2D eigenvalue weighted by Gasteiger charge is 2.32. The maximum Gasteiger partial charge on any atom is 0.230 e. The maximum atomic E-state index is 15.3. The van der Waals surface area contributed by atoms with Crippen LogP contribution < -0.4 is 9.80 Å². The van der Waals surface area contributed by atoms with Crippen molar-refractivity contribution in [3.05, 3.63) is 58.9 Å². The first-order valence-corrected chi connectivity index (χ1v) is 13.9. The number of anilines is 2. The van der Waals surface area contributed by atoms with Crippen LogP contribution in [0.3, 0.4) is 0 Å². The molecule has 0 saturated carbocycles. The van der Waals surface area contributed by atoms with Gasteiger partial charge in [-0.3, -0.25) is 9.69 Å². The Morgan fingerprint density at radius 3 is 2.27 bits per heavy atom. The number of nitrogens with zero attached hydrogens (tertiary/aromatic N) is 3. The number of carbonyl (C=O) groups is 1. The van der Waals surface area contributed by atoms with Gasteiger partial charge in [0.2, 0.25) is 5.91 Å². The van der Waals surface area contributed by atoms with Gasteiger partial charge in [-0.15, -0.1) is 0 Å². The molecule has 1 amide bonds. The molecule has 0 N–H and O–H groups in total. The van der Waals surface area contributed by atoms with Crippen LogP contribution in [0, 0.1) is 17.7 Å². The Labute approximate surface area is 224 Å². The summed E-state index contributed by atoms with van der Waals surface area (Å²) in [7, 11) is 0. The van der Waals surface area contributed by atoms with E-state index in [1.807, 2.05) is 34.1 Å². The second kappa shape index (κ2) is 12.6. The van der Waals surface area contributed by atoms with Crippen LogP contribution in [-0.2, 0) is 20.8 Å². The SMILES string of the molecule is O=C(C1CCN(Cc2ccc(Cl)cc2)CC1)N(CC1CCOCC1)c1ccc(N2CCOCC2)c(F)c1. The summed E-state index contributed by atoms with van der Waals surface area (Å²) in [4.78, 5) is 20.2. The van der Waals surface area contributed by atoms with Crippen LogP contribution in [0.5, 0.6) is 0 Å². The Hall–Kier alpha value is -2.19. The summed E-state index contributed by atoms with van der Waals surface area (Å²) in [6, 6.07) is 13.3. The van der Waals surface area contributed by atoms with Gasteiger partial charge in [0, 0.05) is 56.0 Å². The van der Waals surface area contributed by atoms with Crippen LogP contribution in [-0.4, -0.2) is 70.0 Å². The van der Waals surface area contributed by atoms with Crippen molar-refractivity contribution >= 4 is 28.9 Å². The van der Waals surface area contributed by atoms with Crippen LogP contribution in [0.25, 0.3) is 0 Å². The summed E-state index contributed by atoms with van der Waals surface area (Å²) in [5.74, 6) is 0.158. The molecule has 0 aliphatic carbocycles. The number of hydrogen-bond acceptors (Lipinski definition) is 5. The van der Waals surface area contributed by atoms with E-state index in [2.05, 4.69) is 17.0 Å². The first-order chi connectivity index (χ1) is 18.1. The fourth-order valence-corrected chi connectivity index (χ4v) is 5.77. The predicted octanol–water partition coefficient (Wildman–Crippen LogP) is 4.99. The third kappa shape index (κ3) is 6.82. The lowest BCUT2D eigenvalue weighted by molar-refractivity contribution is -0.124. The Morgan fingerprint density at radius 2 is 1.59 bits per heavy atom. The monoisotopic (exact) mass is 529 g/mol. The van der Waals surface area contributed by atoms with Gasteiger partial charge in [0.25, 0.3) is 0 Å². The van der Waals surface area contributed by atoms with Gasteiger partial charge < -0.3 is 19.3 Å². The third-order valence-electron chi connectivity index (χ3n) is 7.90. The number of ether oxygens (including phenoxy) is 2. The van der Waals surface area contributed by atoms with Gasteiger partial charge in [0.15, 0.2) is 0 Å². The van der Waals surface area contributed by atoms with Crippen molar-refractivity contribution in [2.75, 3.05) is 69.0 Å². The van der Waals surface area contributed by atoms with E-state index in [0.29, 0.717) is 50.1 Å². The number of morpholine rings is 1. The first-order valence-electron chi connectivity index (χ1n) is 13.5. The molecule has 0 aromatic heterocycles. The summed E-state index contributed by atoms with van der Waals surface area (Å²) < 4.78 is 26.3. The number of benzene rings is 2. The van der Waals surface area contributed by atoms with Gasteiger partial charge in [-0.1, -0.05) is 23.7 Å². The lowest BCUT2D eigenvalue weighted by atomic mass is 9.93. The molecule has 0 unspecified atom stereocenters. The van der Waals surface area contributed by atoms with E-state index in [9.17, 15) is 4.79 Å². The van der Waals surface area contributed by atoms with Crippen LogP contribution in [0.1, 0.15) is 31.2 Å². The molecule has 200 valence electrons. The summed E-state index contributed by atoms with van der Waals surface area (Å²) in [5, 5.41) is 0.743. The summed E-state index contributed by atoms with van der Waals surface area (Å²) in [6.45, 7) is 7.22. The Balaban J connectivity index is 1.27. The summed E-state index contributed by atoms with van der Waals surface area (Å²) >= 11 is 6.02. The number of piperidine rings is 1. The highest BCUT2D eigenvalue weighted by Crippen LogP contribution is 2.31. The van der Waals surface area contributed by atoms with E-state index in [0.717, 1.165) is 63.6 Å². The molecular formula is C29H37ClFN3O3. The molecule has 3 aliphatic rings. The second-order valence-corrected chi connectivity index (χ2v) is 10.9. The maximum absolute atomic E-state index is 15.3. The van der Waals surface area contributed by atoms with Crippen LogP contribution in [0.2, 0.25) is 5.02 Å². The number of rotatable bonds is 7. The van der Waals surface area contributed by atoms with E-state index >= 15 is 4.39 Å². The summed E-state index contributed by atoms with van der Waals surface area (Å²) in [5.41, 5.74) is 2.47. The average Bonchev–Trinajstić information content (AvgIpc) is 2.94. The molecule has 3 aliphatic heterocycles. The number of likely N-dealkylation sites (tertiary alicyclic amines) is 1. The smallest absolute Gasteiger partial charge is 0.230 e. The predicted molar refractivity (Wildman–Crippen MR) is 145 cm³/mol. The first kappa shape index (κ1) is 26.4. The molecular weight excluding hydrogens is 493 g/mol. The average molecular weight is 530 g/mol. The Morgan fingerprint density at radius 1 is 0.919 bits per heavy atom. The van der Waals surface area contributed by atoms with Crippen LogP contribution in [0.15, 0.2) is 42.5 Å². The van der Waals surface area contributed by atoms with Gasteiger partial charge in [-0.2, -0.15) is 0 Å². The van der Waals surface area contributed by atoms with Crippen molar-refractivity contribution in [1.82, 2.24) is 4.90 Å². The zero-order chi connectivity index (χ0) is 25.6. The molecule has 37 heavy (non-hydrogen) atoms. The third-order valence-corrected chi connectivity index (χ3v) is 8.15. The normalized spacial score (nSPS) is 20.2. The lowest BCUT2D eigenvalue weighted by Crippen LogP contribution is -2.45. The Bertz CT molecular complexity index is 1030. The molecule has 6 nitrogen and oxygen atoms in total. The van der Waals surface area contributed by atoms with Gasteiger partial charge in [0.1, 0.15) is 5.82 Å². The van der Waals surface area contributed by atoms with E-state index < -0.39 is 0 Å². The van der Waals surface area contributed by atoms with Crippen molar-refractivity contribution < 1.29 is 18.7 Å². The molecule has 0 spiro atoms. The molecule has 2 aromatic carbocycles. The zero-order valence-corrected chi connectivity index (χ0v) is 22.2.